The van der Waals surface area contributed by atoms with E-state index in [-0.39, 0.29) is 10.9 Å². The Balaban J connectivity index is 2.96. The van der Waals surface area contributed by atoms with Gasteiger partial charge in [-0.1, -0.05) is 28.9 Å². The van der Waals surface area contributed by atoms with Crippen LogP contribution in [-0.2, 0) is 10.0 Å². The van der Waals surface area contributed by atoms with Crippen molar-refractivity contribution < 1.29 is 8.42 Å². The monoisotopic (exact) mass is 291 g/mol. The van der Waals surface area contributed by atoms with Crippen molar-refractivity contribution in [2.45, 2.75) is 31.2 Å². The van der Waals surface area contributed by atoms with E-state index in [1.807, 2.05) is 13.8 Å². The molecular weight excluding hydrogens is 278 g/mol. The lowest BCUT2D eigenvalue weighted by Gasteiger charge is -2.11. The maximum atomic E-state index is 11.8. The van der Waals surface area contributed by atoms with Crippen LogP contribution >= 0.6 is 15.9 Å². The Kier molecular flexibility index (Phi) is 4.31. The van der Waals surface area contributed by atoms with Crippen LogP contribution in [0.2, 0.25) is 0 Å². The first-order chi connectivity index (χ1) is 6.95. The third-order valence-electron chi connectivity index (χ3n) is 2.08. The van der Waals surface area contributed by atoms with Gasteiger partial charge in [-0.05, 0) is 31.5 Å². The summed E-state index contributed by atoms with van der Waals surface area (Å²) in [6.07, 6.45) is 0.771. The van der Waals surface area contributed by atoms with Gasteiger partial charge in [0.1, 0.15) is 0 Å². The Morgan fingerprint density at radius 2 is 2.13 bits per heavy atom. The average molecular weight is 292 g/mol. The second kappa shape index (κ2) is 5.09. The molecule has 15 heavy (non-hydrogen) atoms. The Morgan fingerprint density at radius 1 is 1.47 bits per heavy atom. The zero-order valence-corrected chi connectivity index (χ0v) is 11.1. The second-order valence-electron chi connectivity index (χ2n) is 3.39. The summed E-state index contributed by atoms with van der Waals surface area (Å²) in [6.45, 7) is 3.78. The SMILES string of the molecule is CCC(C)NS(=O)(=O)c1cccc(Br)c1. The van der Waals surface area contributed by atoms with Gasteiger partial charge < -0.3 is 0 Å². The Morgan fingerprint density at radius 3 is 2.67 bits per heavy atom. The summed E-state index contributed by atoms with van der Waals surface area (Å²) in [6, 6.07) is 6.62. The van der Waals surface area contributed by atoms with E-state index < -0.39 is 10.0 Å². The number of nitrogens with one attached hydrogen (secondary N) is 1. The topological polar surface area (TPSA) is 46.2 Å². The Bertz CT molecular complexity index is 431. The summed E-state index contributed by atoms with van der Waals surface area (Å²) in [4.78, 5) is 0.289. The number of rotatable bonds is 4. The summed E-state index contributed by atoms with van der Waals surface area (Å²) in [5, 5.41) is 0. The van der Waals surface area contributed by atoms with Crippen LogP contribution in [0.1, 0.15) is 20.3 Å². The lowest BCUT2D eigenvalue weighted by Crippen LogP contribution is -2.31. The first-order valence-corrected chi connectivity index (χ1v) is 7.01. The lowest BCUT2D eigenvalue weighted by molar-refractivity contribution is 0.556. The van der Waals surface area contributed by atoms with Crippen LogP contribution in [0.25, 0.3) is 0 Å². The molecule has 1 unspecified atom stereocenters. The Labute approximate surface area is 99.1 Å². The third kappa shape index (κ3) is 3.59. The van der Waals surface area contributed by atoms with Gasteiger partial charge in [0.05, 0.1) is 4.90 Å². The maximum Gasteiger partial charge on any atom is 0.240 e. The Hall–Kier alpha value is -0.390. The van der Waals surface area contributed by atoms with Crippen molar-refractivity contribution in [3.63, 3.8) is 0 Å². The molecule has 0 aromatic heterocycles. The van der Waals surface area contributed by atoms with E-state index >= 15 is 0 Å². The molecule has 1 atom stereocenters. The highest BCUT2D eigenvalue weighted by atomic mass is 79.9. The van der Waals surface area contributed by atoms with Gasteiger partial charge in [-0.15, -0.1) is 0 Å². The van der Waals surface area contributed by atoms with Gasteiger partial charge in [0.25, 0.3) is 0 Å². The summed E-state index contributed by atoms with van der Waals surface area (Å²) in [5.41, 5.74) is 0. The molecular formula is C10H14BrNO2S. The highest BCUT2D eigenvalue weighted by molar-refractivity contribution is 9.10. The second-order valence-corrected chi connectivity index (χ2v) is 6.02. The van der Waals surface area contributed by atoms with E-state index in [1.54, 1.807) is 24.3 Å². The van der Waals surface area contributed by atoms with Crippen molar-refractivity contribution in [2.24, 2.45) is 0 Å². The molecule has 84 valence electrons. The van der Waals surface area contributed by atoms with E-state index in [9.17, 15) is 8.42 Å². The molecule has 0 fully saturated rings. The fraction of sp³-hybridized carbons (Fsp3) is 0.400. The molecule has 0 spiro atoms. The minimum atomic E-state index is -3.37. The van der Waals surface area contributed by atoms with Gasteiger partial charge in [0, 0.05) is 10.5 Å². The molecule has 1 N–H and O–H groups in total. The molecule has 0 aliphatic carbocycles. The van der Waals surface area contributed by atoms with Crippen molar-refractivity contribution in [3.8, 4) is 0 Å². The normalized spacial score (nSPS) is 13.8. The van der Waals surface area contributed by atoms with Crippen molar-refractivity contribution in [1.29, 1.82) is 0 Å². The first kappa shape index (κ1) is 12.7. The molecule has 1 aromatic carbocycles. The predicted molar refractivity (Wildman–Crippen MR) is 64.2 cm³/mol. The molecule has 3 nitrogen and oxygen atoms in total. The smallest absolute Gasteiger partial charge is 0.208 e. The van der Waals surface area contributed by atoms with Crippen LogP contribution in [0.4, 0.5) is 0 Å². The van der Waals surface area contributed by atoms with E-state index in [0.29, 0.717) is 0 Å². The number of hydrogen-bond donors (Lipinski definition) is 1. The molecule has 0 radical (unpaired) electrons. The first-order valence-electron chi connectivity index (χ1n) is 4.73. The zero-order valence-electron chi connectivity index (χ0n) is 8.70. The number of halogens is 1. The van der Waals surface area contributed by atoms with Crippen molar-refractivity contribution in [1.82, 2.24) is 4.72 Å². The van der Waals surface area contributed by atoms with Gasteiger partial charge in [-0.25, -0.2) is 13.1 Å². The van der Waals surface area contributed by atoms with Crippen LogP contribution in [0, 0.1) is 0 Å². The molecule has 0 saturated carbocycles. The average Bonchev–Trinajstić information content (AvgIpc) is 2.17. The molecule has 5 heteroatoms. The van der Waals surface area contributed by atoms with Crippen LogP contribution in [0.15, 0.2) is 33.6 Å². The summed E-state index contributed by atoms with van der Waals surface area (Å²) < 4.78 is 27.0. The van der Waals surface area contributed by atoms with E-state index in [1.165, 1.54) is 0 Å². The van der Waals surface area contributed by atoms with Crippen molar-refractivity contribution in [2.75, 3.05) is 0 Å². The maximum absolute atomic E-state index is 11.8. The summed E-state index contributed by atoms with van der Waals surface area (Å²) >= 11 is 3.25. The van der Waals surface area contributed by atoms with E-state index in [4.69, 9.17) is 0 Å². The molecule has 0 bridgehead atoms. The third-order valence-corrected chi connectivity index (χ3v) is 4.16. The molecule has 0 heterocycles. The molecule has 0 amide bonds. The van der Waals surface area contributed by atoms with Gasteiger partial charge in [0.15, 0.2) is 0 Å². The van der Waals surface area contributed by atoms with Crippen LogP contribution in [0.3, 0.4) is 0 Å². The largest absolute Gasteiger partial charge is 0.240 e. The summed E-state index contributed by atoms with van der Waals surface area (Å²) in [7, 11) is -3.37. The molecule has 0 aliphatic heterocycles. The fourth-order valence-electron chi connectivity index (χ4n) is 1.05. The fourth-order valence-corrected chi connectivity index (χ4v) is 2.97. The highest BCUT2D eigenvalue weighted by Gasteiger charge is 2.16. The van der Waals surface area contributed by atoms with Gasteiger partial charge in [-0.3, -0.25) is 0 Å². The van der Waals surface area contributed by atoms with Gasteiger partial charge >= 0.3 is 0 Å². The van der Waals surface area contributed by atoms with Crippen molar-refractivity contribution in [3.05, 3.63) is 28.7 Å². The number of benzene rings is 1. The predicted octanol–water partition coefficient (Wildman–Crippen LogP) is 2.53. The lowest BCUT2D eigenvalue weighted by atomic mass is 10.3. The quantitative estimate of drug-likeness (QED) is 0.927. The van der Waals surface area contributed by atoms with Gasteiger partial charge in [0.2, 0.25) is 10.0 Å². The van der Waals surface area contributed by atoms with Crippen LogP contribution in [0.5, 0.6) is 0 Å². The molecule has 1 aromatic rings. The van der Waals surface area contributed by atoms with Crippen molar-refractivity contribution >= 4 is 26.0 Å². The molecule has 0 aliphatic rings. The number of hydrogen-bond acceptors (Lipinski definition) is 2. The van der Waals surface area contributed by atoms with E-state index in [0.717, 1.165) is 10.9 Å². The van der Waals surface area contributed by atoms with Gasteiger partial charge in [-0.2, -0.15) is 0 Å². The van der Waals surface area contributed by atoms with Crippen LogP contribution in [-0.4, -0.2) is 14.5 Å². The summed E-state index contributed by atoms with van der Waals surface area (Å²) in [5.74, 6) is 0. The molecule has 0 saturated heterocycles. The van der Waals surface area contributed by atoms with E-state index in [2.05, 4.69) is 20.7 Å². The van der Waals surface area contributed by atoms with Crippen LogP contribution < -0.4 is 4.72 Å². The zero-order chi connectivity index (χ0) is 11.5. The number of sulfonamides is 1. The molecule has 1 rings (SSSR count). The standard InChI is InChI=1S/C10H14BrNO2S/c1-3-8(2)12-15(13,14)10-6-4-5-9(11)7-10/h4-8,12H,3H2,1-2H3. The highest BCUT2D eigenvalue weighted by Crippen LogP contribution is 2.16. The minimum absolute atomic E-state index is 0.0472. The minimum Gasteiger partial charge on any atom is -0.208 e.